The quantitative estimate of drug-likeness (QED) is 0.236. The third-order valence-electron chi connectivity index (χ3n) is 7.60. The van der Waals surface area contributed by atoms with Gasteiger partial charge in [0.15, 0.2) is 0 Å². The molecule has 1 heterocycles. The Bertz CT molecular complexity index is 1370. The number of nitrogens with zero attached hydrogens (tertiary/aromatic N) is 2. The van der Waals surface area contributed by atoms with Crippen LogP contribution < -0.4 is 4.74 Å². The molecule has 0 spiro atoms. The van der Waals surface area contributed by atoms with Crippen LogP contribution in [0.3, 0.4) is 0 Å². The molecule has 8 nitrogen and oxygen atoms in total. The van der Waals surface area contributed by atoms with E-state index in [1.165, 1.54) is 0 Å². The summed E-state index contributed by atoms with van der Waals surface area (Å²) in [5, 5.41) is 0. The van der Waals surface area contributed by atoms with Gasteiger partial charge in [-0.2, -0.15) is 4.31 Å². The fourth-order valence-electron chi connectivity index (χ4n) is 5.26. The molecule has 0 aliphatic carbocycles. The number of hydrogen-bond acceptors (Lipinski definition) is 7. The van der Waals surface area contributed by atoms with Crippen molar-refractivity contribution in [3.8, 4) is 5.75 Å². The first-order chi connectivity index (χ1) is 20.1. The molecular formula is C33H42N2O6S. The number of para-hydroxylation sites is 1. The molecule has 2 N–H and O–H groups in total. The maximum Gasteiger partial charge on any atom is 0.306 e. The van der Waals surface area contributed by atoms with Crippen molar-refractivity contribution in [3.05, 3.63) is 95.1 Å². The molecule has 0 aromatic heterocycles. The van der Waals surface area contributed by atoms with Crippen LogP contribution in [0.15, 0.2) is 77.7 Å². The van der Waals surface area contributed by atoms with Gasteiger partial charge >= 0.3 is 5.97 Å². The molecule has 42 heavy (non-hydrogen) atoms. The molecule has 226 valence electrons. The standard InChI is InChI=1S/C33H42N2O6S/c1-5-40-33(37)20-28(17-18-32(36)34(4)22-26-11-7-6-8-12-26)27-16-15-24(2)29(19-27)23-35-21-25(3)41-30-13-9-10-14-31(30)42(35,38)39/h6-16,19,25,28,38-39H,5,17-18,20-23H2,1-4H3/t25-,28?/m0/s1. The smallest absolute Gasteiger partial charge is 0.306 e. The third-order valence-corrected chi connectivity index (χ3v) is 9.52. The first kappa shape index (κ1) is 31.6. The van der Waals surface area contributed by atoms with Crippen LogP contribution in [-0.2, 0) is 27.4 Å². The summed E-state index contributed by atoms with van der Waals surface area (Å²) < 4.78 is 35.7. The Morgan fingerprint density at radius 2 is 1.81 bits per heavy atom. The lowest BCUT2D eigenvalue weighted by Gasteiger charge is -2.42. The number of carbonyl (C=O) groups excluding carboxylic acids is 2. The summed E-state index contributed by atoms with van der Waals surface area (Å²) >= 11 is 0. The third kappa shape index (κ3) is 7.92. The lowest BCUT2D eigenvalue weighted by atomic mass is 9.88. The summed E-state index contributed by atoms with van der Waals surface area (Å²) in [5.41, 5.74) is 3.88. The predicted molar refractivity (Wildman–Crippen MR) is 165 cm³/mol. The fraction of sp³-hybridized carbons (Fsp3) is 0.394. The Morgan fingerprint density at radius 1 is 1.10 bits per heavy atom. The van der Waals surface area contributed by atoms with Crippen LogP contribution in [0.4, 0.5) is 0 Å². The molecule has 0 fully saturated rings. The van der Waals surface area contributed by atoms with Crippen LogP contribution in [-0.4, -0.2) is 56.5 Å². The van der Waals surface area contributed by atoms with E-state index >= 15 is 0 Å². The summed E-state index contributed by atoms with van der Waals surface area (Å²) in [6, 6.07) is 22.9. The number of benzene rings is 3. The van der Waals surface area contributed by atoms with Crippen LogP contribution in [0, 0.1) is 6.92 Å². The van der Waals surface area contributed by atoms with E-state index in [0.717, 1.165) is 22.3 Å². The average molecular weight is 595 g/mol. The van der Waals surface area contributed by atoms with E-state index < -0.39 is 10.8 Å². The highest BCUT2D eigenvalue weighted by Gasteiger charge is 2.34. The highest BCUT2D eigenvalue weighted by molar-refractivity contribution is 8.22. The number of esters is 1. The Hall–Kier alpha value is -3.37. The lowest BCUT2D eigenvalue weighted by molar-refractivity contribution is -0.143. The molecule has 9 heteroatoms. The summed E-state index contributed by atoms with van der Waals surface area (Å²) in [6.45, 7) is 7.10. The number of aryl methyl sites for hydroxylation is 1. The Balaban J connectivity index is 1.54. The van der Waals surface area contributed by atoms with E-state index in [1.54, 1.807) is 41.4 Å². The van der Waals surface area contributed by atoms with Crippen molar-refractivity contribution in [1.82, 2.24) is 9.21 Å². The summed E-state index contributed by atoms with van der Waals surface area (Å²) in [6.07, 6.45) is 0.674. The van der Waals surface area contributed by atoms with E-state index in [0.29, 0.717) is 30.2 Å². The molecule has 1 unspecified atom stereocenters. The SMILES string of the molecule is CCOC(=O)CC(CCC(=O)N(C)Cc1ccccc1)c1ccc(C)c(CN2C[C@H](C)Oc3ccccc3S2(O)O)c1. The van der Waals surface area contributed by atoms with Crippen LogP contribution in [0.25, 0.3) is 0 Å². The number of amides is 1. The molecule has 3 aromatic rings. The molecule has 1 aliphatic heterocycles. The highest BCUT2D eigenvalue weighted by Crippen LogP contribution is 2.57. The Kier molecular flexibility index (Phi) is 10.7. The van der Waals surface area contributed by atoms with E-state index in [-0.39, 0.29) is 49.9 Å². The minimum atomic E-state index is -3.30. The van der Waals surface area contributed by atoms with Gasteiger partial charge in [-0.15, -0.1) is 10.8 Å². The number of ether oxygens (including phenoxy) is 2. The molecule has 0 radical (unpaired) electrons. The molecule has 1 aliphatic rings. The second kappa shape index (κ2) is 14.2. The van der Waals surface area contributed by atoms with Gasteiger partial charge in [0.05, 0.1) is 19.6 Å². The molecular weight excluding hydrogens is 552 g/mol. The van der Waals surface area contributed by atoms with Gasteiger partial charge in [-0.1, -0.05) is 60.7 Å². The summed E-state index contributed by atoms with van der Waals surface area (Å²) in [4.78, 5) is 27.7. The Labute approximate surface area is 250 Å². The van der Waals surface area contributed by atoms with Gasteiger partial charge in [0, 0.05) is 26.6 Å². The van der Waals surface area contributed by atoms with E-state index in [4.69, 9.17) is 9.47 Å². The molecule has 0 saturated carbocycles. The largest absolute Gasteiger partial charge is 0.487 e. The van der Waals surface area contributed by atoms with Gasteiger partial charge < -0.3 is 14.4 Å². The second-order valence-corrected chi connectivity index (χ2v) is 12.9. The van der Waals surface area contributed by atoms with Gasteiger partial charge in [0.1, 0.15) is 16.7 Å². The Morgan fingerprint density at radius 3 is 2.55 bits per heavy atom. The van der Waals surface area contributed by atoms with Crippen molar-refractivity contribution in [2.75, 3.05) is 20.2 Å². The van der Waals surface area contributed by atoms with Gasteiger partial charge in [0.2, 0.25) is 5.91 Å². The molecule has 2 atom stereocenters. The zero-order valence-electron chi connectivity index (χ0n) is 24.9. The van der Waals surface area contributed by atoms with Crippen molar-refractivity contribution in [1.29, 1.82) is 0 Å². The van der Waals surface area contributed by atoms with E-state index in [9.17, 15) is 18.7 Å². The summed E-state index contributed by atoms with van der Waals surface area (Å²) in [7, 11) is -1.51. The van der Waals surface area contributed by atoms with Crippen molar-refractivity contribution in [2.45, 2.75) is 70.0 Å². The second-order valence-electron chi connectivity index (χ2n) is 10.9. The van der Waals surface area contributed by atoms with Gasteiger partial charge in [-0.3, -0.25) is 18.7 Å². The monoisotopic (exact) mass is 594 g/mol. The van der Waals surface area contributed by atoms with Gasteiger partial charge in [-0.05, 0) is 67.5 Å². The zero-order chi connectivity index (χ0) is 30.3. The van der Waals surface area contributed by atoms with E-state index in [1.807, 2.05) is 68.4 Å². The maximum absolute atomic E-state index is 13.1. The first-order valence-electron chi connectivity index (χ1n) is 14.4. The maximum atomic E-state index is 13.1. The van der Waals surface area contributed by atoms with Gasteiger partial charge in [-0.25, -0.2) is 0 Å². The van der Waals surface area contributed by atoms with Crippen LogP contribution in [0.2, 0.25) is 0 Å². The minimum Gasteiger partial charge on any atom is -0.487 e. The van der Waals surface area contributed by atoms with Crippen LogP contribution >= 0.6 is 10.8 Å². The first-order valence-corrected chi connectivity index (χ1v) is 15.9. The topological polar surface area (TPSA) is 99.5 Å². The van der Waals surface area contributed by atoms with Crippen molar-refractivity contribution < 1.29 is 28.2 Å². The molecule has 1 amide bonds. The van der Waals surface area contributed by atoms with Crippen LogP contribution in [0.5, 0.6) is 5.75 Å². The van der Waals surface area contributed by atoms with E-state index in [2.05, 4.69) is 0 Å². The minimum absolute atomic E-state index is 0.00575. The van der Waals surface area contributed by atoms with Crippen molar-refractivity contribution in [2.24, 2.45) is 0 Å². The molecule has 3 aromatic carbocycles. The number of hydrogen-bond donors (Lipinski definition) is 2. The molecule has 0 bridgehead atoms. The number of carbonyl (C=O) groups is 2. The van der Waals surface area contributed by atoms with Gasteiger partial charge in [0.25, 0.3) is 0 Å². The number of rotatable bonds is 11. The average Bonchev–Trinajstić information content (AvgIpc) is 3.05. The van der Waals surface area contributed by atoms with Crippen LogP contribution in [0.1, 0.15) is 61.3 Å². The normalized spacial score (nSPS) is 17.7. The van der Waals surface area contributed by atoms with Crippen molar-refractivity contribution >= 4 is 22.7 Å². The summed E-state index contributed by atoms with van der Waals surface area (Å²) in [5.74, 6) is -0.0514. The molecule has 0 saturated heterocycles. The fourth-order valence-corrected chi connectivity index (χ4v) is 6.92. The number of fused-ring (bicyclic) bond motifs is 1. The lowest BCUT2D eigenvalue weighted by Crippen LogP contribution is -2.33. The predicted octanol–water partition coefficient (Wildman–Crippen LogP) is 6.78. The highest BCUT2D eigenvalue weighted by atomic mass is 32.3. The zero-order valence-corrected chi connectivity index (χ0v) is 25.7. The molecule has 4 rings (SSSR count). The van der Waals surface area contributed by atoms with Crippen molar-refractivity contribution in [3.63, 3.8) is 0 Å².